The van der Waals surface area contributed by atoms with Gasteiger partial charge in [0.1, 0.15) is 0 Å². The van der Waals surface area contributed by atoms with Crippen LogP contribution in [0.2, 0.25) is 0 Å². The molecule has 3 saturated carbocycles. The lowest BCUT2D eigenvalue weighted by molar-refractivity contribution is -0.149. The molecule has 4 bridgehead atoms. The van der Waals surface area contributed by atoms with Gasteiger partial charge in [-0.1, -0.05) is 12.2 Å². The molecule has 17 heavy (non-hydrogen) atoms. The van der Waals surface area contributed by atoms with Crippen molar-refractivity contribution in [1.29, 1.82) is 0 Å². The van der Waals surface area contributed by atoms with Crippen molar-refractivity contribution in [3.05, 3.63) is 12.2 Å². The van der Waals surface area contributed by atoms with Crippen LogP contribution in [0, 0.1) is 41.4 Å². The van der Waals surface area contributed by atoms with E-state index in [1.54, 1.807) is 0 Å². The minimum Gasteiger partial charge on any atom is -0.469 e. The van der Waals surface area contributed by atoms with Gasteiger partial charge in [-0.2, -0.15) is 0 Å². The maximum absolute atomic E-state index is 11.8. The standard InChI is InChI=1S/C15H20O2/c1-17-15(16)13-7-10-6-11(13)12-5-8-2-3-9(4-8)14(10)12/h2-3,8-14H,4-7H2,1H3. The molecule has 3 fully saturated rings. The Morgan fingerprint density at radius 1 is 1.12 bits per heavy atom. The lowest BCUT2D eigenvalue weighted by atomic mass is 9.63. The highest BCUT2D eigenvalue weighted by molar-refractivity contribution is 5.73. The van der Waals surface area contributed by atoms with E-state index in [4.69, 9.17) is 4.74 Å². The van der Waals surface area contributed by atoms with E-state index in [0.717, 1.165) is 36.0 Å². The minimum atomic E-state index is 0.0572. The zero-order valence-electron chi connectivity index (χ0n) is 10.3. The van der Waals surface area contributed by atoms with Crippen molar-refractivity contribution in [2.75, 3.05) is 7.11 Å². The first-order chi connectivity index (χ1) is 8.28. The molecule has 0 aromatic heterocycles. The first-order valence-electron chi connectivity index (χ1n) is 7.04. The summed E-state index contributed by atoms with van der Waals surface area (Å²) in [5.74, 6) is 5.11. The van der Waals surface area contributed by atoms with Crippen molar-refractivity contribution in [2.45, 2.75) is 25.7 Å². The fraction of sp³-hybridized carbons (Fsp3) is 0.800. The Labute approximate surface area is 102 Å². The van der Waals surface area contributed by atoms with Crippen LogP contribution in [0.15, 0.2) is 12.2 Å². The first-order valence-corrected chi connectivity index (χ1v) is 7.04. The van der Waals surface area contributed by atoms with E-state index in [1.165, 1.54) is 26.4 Å². The second-order valence-corrected chi connectivity index (χ2v) is 6.55. The fourth-order valence-corrected chi connectivity index (χ4v) is 5.57. The van der Waals surface area contributed by atoms with E-state index >= 15 is 0 Å². The minimum absolute atomic E-state index is 0.0572. The second kappa shape index (κ2) is 3.37. The lowest BCUT2D eigenvalue weighted by Gasteiger charge is -2.42. The van der Waals surface area contributed by atoms with Gasteiger partial charge in [0, 0.05) is 0 Å². The Kier molecular flexibility index (Phi) is 2.01. The van der Waals surface area contributed by atoms with E-state index in [1.807, 2.05) is 0 Å². The van der Waals surface area contributed by atoms with E-state index < -0.39 is 0 Å². The number of esters is 1. The van der Waals surface area contributed by atoms with Crippen LogP contribution in [0.1, 0.15) is 25.7 Å². The molecule has 0 aliphatic heterocycles. The summed E-state index contributed by atoms with van der Waals surface area (Å²) >= 11 is 0. The Morgan fingerprint density at radius 2 is 2.00 bits per heavy atom. The summed E-state index contributed by atoms with van der Waals surface area (Å²) in [4.78, 5) is 11.8. The van der Waals surface area contributed by atoms with Gasteiger partial charge in [0.05, 0.1) is 13.0 Å². The van der Waals surface area contributed by atoms with Crippen LogP contribution in [0.25, 0.3) is 0 Å². The van der Waals surface area contributed by atoms with Crippen LogP contribution in [-0.4, -0.2) is 13.1 Å². The molecule has 7 unspecified atom stereocenters. The monoisotopic (exact) mass is 232 g/mol. The van der Waals surface area contributed by atoms with Crippen LogP contribution >= 0.6 is 0 Å². The van der Waals surface area contributed by atoms with Crippen molar-refractivity contribution in [1.82, 2.24) is 0 Å². The smallest absolute Gasteiger partial charge is 0.308 e. The Balaban J connectivity index is 1.62. The van der Waals surface area contributed by atoms with Gasteiger partial charge in [-0.25, -0.2) is 0 Å². The van der Waals surface area contributed by atoms with Gasteiger partial charge < -0.3 is 4.74 Å². The van der Waals surface area contributed by atoms with Crippen molar-refractivity contribution in [3.8, 4) is 0 Å². The Morgan fingerprint density at radius 3 is 2.82 bits per heavy atom. The molecule has 0 spiro atoms. The van der Waals surface area contributed by atoms with Crippen LogP contribution in [0.3, 0.4) is 0 Å². The van der Waals surface area contributed by atoms with Gasteiger partial charge >= 0.3 is 5.97 Å². The summed E-state index contributed by atoms with van der Waals surface area (Å²) in [6.45, 7) is 0. The van der Waals surface area contributed by atoms with Gasteiger partial charge in [-0.3, -0.25) is 4.79 Å². The van der Waals surface area contributed by atoms with E-state index in [0.29, 0.717) is 5.92 Å². The number of rotatable bonds is 1. The number of ether oxygens (including phenoxy) is 1. The zero-order chi connectivity index (χ0) is 11.6. The van der Waals surface area contributed by atoms with Gasteiger partial charge in [0.2, 0.25) is 0 Å². The highest BCUT2D eigenvalue weighted by Crippen LogP contribution is 2.63. The van der Waals surface area contributed by atoms with Crippen LogP contribution in [0.5, 0.6) is 0 Å². The van der Waals surface area contributed by atoms with E-state index in [2.05, 4.69) is 12.2 Å². The molecular formula is C15H20O2. The lowest BCUT2D eigenvalue weighted by Crippen LogP contribution is -2.38. The summed E-state index contributed by atoms with van der Waals surface area (Å²) < 4.78 is 4.98. The Hall–Kier alpha value is -0.790. The zero-order valence-corrected chi connectivity index (χ0v) is 10.3. The van der Waals surface area contributed by atoms with Crippen molar-refractivity contribution in [2.24, 2.45) is 41.4 Å². The van der Waals surface area contributed by atoms with Crippen LogP contribution < -0.4 is 0 Å². The van der Waals surface area contributed by atoms with Crippen LogP contribution in [0.4, 0.5) is 0 Å². The molecule has 92 valence electrons. The largest absolute Gasteiger partial charge is 0.469 e. The number of methoxy groups -OCH3 is 1. The van der Waals surface area contributed by atoms with Crippen molar-refractivity contribution >= 4 is 5.97 Å². The molecule has 4 rings (SSSR count). The van der Waals surface area contributed by atoms with E-state index in [9.17, 15) is 4.79 Å². The highest BCUT2D eigenvalue weighted by atomic mass is 16.5. The SMILES string of the molecule is COC(=O)C1CC2CC1C1CC3C=CC(C3)C21. The van der Waals surface area contributed by atoms with Crippen molar-refractivity contribution in [3.63, 3.8) is 0 Å². The summed E-state index contributed by atoms with van der Waals surface area (Å²) in [7, 11) is 1.54. The summed E-state index contributed by atoms with van der Waals surface area (Å²) in [5, 5.41) is 0. The number of allylic oxidation sites excluding steroid dienone is 2. The molecule has 0 radical (unpaired) electrons. The molecule has 2 heteroatoms. The molecule has 4 aliphatic rings. The number of fused-ring (bicyclic) bond motifs is 8. The summed E-state index contributed by atoms with van der Waals surface area (Å²) in [6.07, 6.45) is 10.1. The molecular weight excluding hydrogens is 212 g/mol. The van der Waals surface area contributed by atoms with Gasteiger partial charge in [0.25, 0.3) is 0 Å². The Bertz CT molecular complexity index is 386. The quantitative estimate of drug-likeness (QED) is 0.513. The topological polar surface area (TPSA) is 26.3 Å². The van der Waals surface area contributed by atoms with Crippen LogP contribution in [-0.2, 0) is 9.53 Å². The van der Waals surface area contributed by atoms with E-state index in [-0.39, 0.29) is 11.9 Å². The average Bonchev–Trinajstić information content (AvgIpc) is 3.02. The third kappa shape index (κ3) is 1.24. The second-order valence-electron chi connectivity index (χ2n) is 6.55. The predicted octanol–water partition coefficient (Wildman–Crippen LogP) is 2.64. The highest BCUT2D eigenvalue weighted by Gasteiger charge is 2.58. The number of carbonyl (C=O) groups is 1. The molecule has 7 atom stereocenters. The van der Waals surface area contributed by atoms with Crippen molar-refractivity contribution < 1.29 is 9.53 Å². The molecule has 0 amide bonds. The number of hydrogen-bond acceptors (Lipinski definition) is 2. The number of carbonyl (C=O) groups excluding carboxylic acids is 1. The third-order valence-electron chi connectivity index (χ3n) is 6.02. The first kappa shape index (κ1) is 10.2. The van der Waals surface area contributed by atoms with Gasteiger partial charge in [0.15, 0.2) is 0 Å². The third-order valence-corrected chi connectivity index (χ3v) is 6.02. The maximum Gasteiger partial charge on any atom is 0.308 e. The molecule has 0 saturated heterocycles. The average molecular weight is 232 g/mol. The molecule has 0 N–H and O–H groups in total. The normalized spacial score (nSPS) is 53.8. The maximum atomic E-state index is 11.8. The van der Waals surface area contributed by atoms with Gasteiger partial charge in [-0.15, -0.1) is 0 Å². The fourth-order valence-electron chi connectivity index (χ4n) is 5.57. The predicted molar refractivity (Wildman–Crippen MR) is 64.1 cm³/mol. The molecule has 0 heterocycles. The number of hydrogen-bond donors (Lipinski definition) is 0. The molecule has 0 aromatic carbocycles. The summed E-state index contributed by atoms with van der Waals surface area (Å²) in [6, 6.07) is 0. The molecule has 2 nitrogen and oxygen atoms in total. The van der Waals surface area contributed by atoms with Gasteiger partial charge in [-0.05, 0) is 61.2 Å². The molecule has 0 aromatic rings. The molecule has 4 aliphatic carbocycles. The summed E-state index contributed by atoms with van der Waals surface area (Å²) in [5.41, 5.74) is 0.